The van der Waals surface area contributed by atoms with Gasteiger partial charge in [0.15, 0.2) is 0 Å². The minimum atomic E-state index is 0.0374. The molecule has 39 heavy (non-hydrogen) atoms. The van der Waals surface area contributed by atoms with Gasteiger partial charge in [0.25, 0.3) is 0 Å². The first-order valence-corrected chi connectivity index (χ1v) is 14.9. The monoisotopic (exact) mass is 542 g/mol. The summed E-state index contributed by atoms with van der Waals surface area (Å²) in [6.07, 6.45) is 0. The molecule has 0 bridgehead atoms. The number of aryl methyl sites for hydroxylation is 2. The molecule has 0 aliphatic carbocycles. The van der Waals surface area contributed by atoms with Crippen LogP contribution in [0.2, 0.25) is 0 Å². The molecule has 6 rings (SSSR count). The summed E-state index contributed by atoms with van der Waals surface area (Å²) in [7, 11) is 0. The highest BCUT2D eigenvalue weighted by molar-refractivity contribution is 8.08. The first-order chi connectivity index (χ1) is 19.2. The molecule has 6 aromatic rings. The largest absolute Gasteiger partial charge is 0.245 e. The Morgan fingerprint density at radius 3 is 1.26 bits per heavy atom. The molecule has 0 N–H and O–H groups in total. The first-order valence-electron chi connectivity index (χ1n) is 13.2. The highest BCUT2D eigenvalue weighted by Gasteiger charge is 2.23. The smallest absolute Gasteiger partial charge is 0.0828 e. The van der Waals surface area contributed by atoms with Gasteiger partial charge in [-0.2, -0.15) is 0 Å². The number of hydrogen-bond donors (Lipinski definition) is 0. The number of benzene rings is 6. The van der Waals surface area contributed by atoms with E-state index < -0.39 is 0 Å². The molecule has 6 aromatic carbocycles. The zero-order valence-corrected chi connectivity index (χ0v) is 23.7. The summed E-state index contributed by atoms with van der Waals surface area (Å²) in [5.74, 6) is 0. The Morgan fingerprint density at radius 2 is 0.821 bits per heavy atom. The van der Waals surface area contributed by atoms with Crippen LogP contribution >= 0.6 is 24.1 Å². The van der Waals surface area contributed by atoms with Crippen LogP contribution < -0.4 is 0 Å². The van der Waals surface area contributed by atoms with Crippen molar-refractivity contribution in [2.45, 2.75) is 24.3 Å². The van der Waals surface area contributed by atoms with E-state index in [1.807, 2.05) is 0 Å². The van der Waals surface area contributed by atoms with Crippen LogP contribution in [0.25, 0.3) is 21.5 Å². The number of hydrogen-bond acceptors (Lipinski definition) is 3. The maximum atomic E-state index is 6.57. The SMILES string of the molecule is Cc1ccc(C(SOSC(c2ccc(C)cc2)c2cccc3ccccc23)c2cccc3ccccc23)cc1. The Bertz CT molecular complexity index is 1570. The Hall–Kier alpha value is -3.50. The minimum Gasteiger partial charge on any atom is -0.245 e. The molecule has 3 heteroatoms. The van der Waals surface area contributed by atoms with Crippen molar-refractivity contribution in [1.82, 2.24) is 0 Å². The molecule has 0 saturated heterocycles. The van der Waals surface area contributed by atoms with Gasteiger partial charge in [0.05, 0.1) is 10.5 Å². The van der Waals surface area contributed by atoms with E-state index in [0.717, 1.165) is 0 Å². The molecule has 0 heterocycles. The predicted octanol–water partition coefficient (Wildman–Crippen LogP) is 10.8. The number of fused-ring (bicyclic) bond motifs is 2. The third-order valence-electron chi connectivity index (χ3n) is 7.24. The second kappa shape index (κ2) is 11.7. The Morgan fingerprint density at radius 1 is 0.436 bits per heavy atom. The van der Waals surface area contributed by atoms with Crippen LogP contribution in [0.15, 0.2) is 133 Å². The second-order valence-corrected chi connectivity index (χ2v) is 11.9. The molecule has 0 amide bonds. The van der Waals surface area contributed by atoms with Gasteiger partial charge in [-0.3, -0.25) is 0 Å². The van der Waals surface area contributed by atoms with Crippen molar-refractivity contribution < 1.29 is 3.63 Å². The first kappa shape index (κ1) is 25.8. The molecular formula is C36H30OS2. The molecule has 0 aliphatic rings. The van der Waals surface area contributed by atoms with Gasteiger partial charge >= 0.3 is 0 Å². The average molecular weight is 543 g/mol. The average Bonchev–Trinajstić information content (AvgIpc) is 2.98. The lowest BCUT2D eigenvalue weighted by Gasteiger charge is -2.22. The standard InChI is InChI=1S/C36H30OS2/c1-25-17-21-29(22-18-25)35(33-15-7-11-27-9-3-5-13-31(27)33)38-37-39-36(30-23-19-26(2)20-24-30)34-16-8-12-28-10-4-6-14-32(28)34/h3-24,35-36H,1-2H3. The molecule has 192 valence electrons. The summed E-state index contributed by atoms with van der Waals surface area (Å²) >= 11 is 3.08. The van der Waals surface area contributed by atoms with E-state index >= 15 is 0 Å². The molecule has 1 nitrogen and oxygen atoms in total. The van der Waals surface area contributed by atoms with Crippen LogP contribution in [0.4, 0.5) is 0 Å². The third-order valence-corrected chi connectivity index (χ3v) is 9.31. The van der Waals surface area contributed by atoms with E-state index in [1.54, 1.807) is 0 Å². The molecule has 0 aromatic heterocycles. The van der Waals surface area contributed by atoms with Crippen molar-refractivity contribution in [2.75, 3.05) is 0 Å². The van der Waals surface area contributed by atoms with Gasteiger partial charge < -0.3 is 0 Å². The zero-order valence-electron chi connectivity index (χ0n) is 22.1. The van der Waals surface area contributed by atoms with Gasteiger partial charge in [-0.05, 0) is 57.6 Å². The topological polar surface area (TPSA) is 9.23 Å². The highest BCUT2D eigenvalue weighted by atomic mass is 32.2. The van der Waals surface area contributed by atoms with E-state index in [1.165, 1.54) is 79.0 Å². The number of rotatable bonds is 8. The normalized spacial score (nSPS) is 13.0. The fraction of sp³-hybridized carbons (Fsp3) is 0.111. The van der Waals surface area contributed by atoms with E-state index in [2.05, 4.69) is 147 Å². The molecule has 0 saturated carbocycles. The van der Waals surface area contributed by atoms with Crippen molar-refractivity contribution in [3.63, 3.8) is 0 Å². The fourth-order valence-electron chi connectivity index (χ4n) is 5.12. The van der Waals surface area contributed by atoms with E-state index in [0.29, 0.717) is 0 Å². The van der Waals surface area contributed by atoms with Crippen molar-refractivity contribution in [2.24, 2.45) is 0 Å². The summed E-state index contributed by atoms with van der Waals surface area (Å²) in [5.41, 5.74) is 7.51. The van der Waals surface area contributed by atoms with Gasteiger partial charge in [0, 0.05) is 24.1 Å². The highest BCUT2D eigenvalue weighted by Crippen LogP contribution is 2.46. The molecule has 0 fully saturated rings. The van der Waals surface area contributed by atoms with Crippen molar-refractivity contribution >= 4 is 45.6 Å². The summed E-state index contributed by atoms with van der Waals surface area (Å²) in [6.45, 7) is 4.26. The van der Waals surface area contributed by atoms with Crippen LogP contribution in [-0.2, 0) is 3.63 Å². The molecule has 2 atom stereocenters. The third kappa shape index (κ3) is 5.62. The summed E-state index contributed by atoms with van der Waals surface area (Å²) in [6, 6.07) is 48.0. The lowest BCUT2D eigenvalue weighted by Crippen LogP contribution is -2.01. The quantitative estimate of drug-likeness (QED) is 0.177. The van der Waals surface area contributed by atoms with Crippen molar-refractivity contribution in [3.05, 3.63) is 167 Å². The van der Waals surface area contributed by atoms with Crippen molar-refractivity contribution in [3.8, 4) is 0 Å². The van der Waals surface area contributed by atoms with E-state index in [9.17, 15) is 0 Å². The van der Waals surface area contributed by atoms with Gasteiger partial charge in [0.1, 0.15) is 0 Å². The van der Waals surface area contributed by atoms with Crippen LogP contribution in [0, 0.1) is 13.8 Å². The fourth-order valence-corrected chi connectivity index (χ4v) is 7.08. The second-order valence-electron chi connectivity index (χ2n) is 9.98. The van der Waals surface area contributed by atoms with Gasteiger partial charge in [-0.15, -0.1) is 0 Å². The van der Waals surface area contributed by atoms with E-state index in [4.69, 9.17) is 3.63 Å². The molecular weight excluding hydrogens is 513 g/mol. The van der Waals surface area contributed by atoms with Crippen molar-refractivity contribution in [1.29, 1.82) is 0 Å². The Labute approximate surface area is 239 Å². The summed E-state index contributed by atoms with van der Waals surface area (Å²) in [5, 5.41) is 5.08. The summed E-state index contributed by atoms with van der Waals surface area (Å²) < 4.78 is 6.57. The van der Waals surface area contributed by atoms with E-state index in [-0.39, 0.29) is 10.5 Å². The molecule has 2 unspecified atom stereocenters. The molecule has 0 aliphatic heterocycles. The lowest BCUT2D eigenvalue weighted by molar-refractivity contribution is 0.740. The van der Waals surface area contributed by atoms with Gasteiger partial charge in [0.2, 0.25) is 0 Å². The minimum absolute atomic E-state index is 0.0374. The van der Waals surface area contributed by atoms with Crippen LogP contribution in [0.1, 0.15) is 43.9 Å². The maximum Gasteiger partial charge on any atom is 0.0828 e. The Balaban J connectivity index is 1.36. The lowest BCUT2D eigenvalue weighted by atomic mass is 9.97. The van der Waals surface area contributed by atoms with Crippen LogP contribution in [0.5, 0.6) is 0 Å². The van der Waals surface area contributed by atoms with Gasteiger partial charge in [-0.25, -0.2) is 3.63 Å². The van der Waals surface area contributed by atoms with Crippen LogP contribution in [0.3, 0.4) is 0 Å². The zero-order chi connectivity index (χ0) is 26.6. The summed E-state index contributed by atoms with van der Waals surface area (Å²) in [4.78, 5) is 0. The Kier molecular flexibility index (Phi) is 7.74. The van der Waals surface area contributed by atoms with Gasteiger partial charge in [-0.1, -0.05) is 145 Å². The van der Waals surface area contributed by atoms with Crippen LogP contribution in [-0.4, -0.2) is 0 Å². The molecule has 0 radical (unpaired) electrons. The predicted molar refractivity (Wildman–Crippen MR) is 170 cm³/mol. The molecule has 0 spiro atoms. The maximum absolute atomic E-state index is 6.57.